The van der Waals surface area contributed by atoms with Gasteiger partial charge in [0, 0.05) is 17.7 Å². The van der Waals surface area contributed by atoms with Crippen LogP contribution in [-0.4, -0.2) is 35.1 Å². The highest BCUT2D eigenvalue weighted by Crippen LogP contribution is 2.37. The van der Waals surface area contributed by atoms with Gasteiger partial charge in [-0.05, 0) is 42.5 Å². The number of ketones is 1. The number of benzene rings is 3. The third kappa shape index (κ3) is 4.14. The fraction of sp³-hybridized carbons (Fsp3) is 0.0435. The predicted molar refractivity (Wildman–Crippen MR) is 122 cm³/mol. The number of rotatable bonds is 6. The third-order valence-corrected chi connectivity index (χ3v) is 5.84. The largest absolute Gasteiger partial charge is 0.454 e. The van der Waals surface area contributed by atoms with Crippen molar-refractivity contribution in [2.24, 2.45) is 0 Å². The van der Waals surface area contributed by atoms with Gasteiger partial charge in [0.05, 0.1) is 37.3 Å². The number of fused-ring (bicyclic) bond motifs is 1. The predicted octanol–water partition coefficient (Wildman–Crippen LogP) is 4.74. The van der Waals surface area contributed by atoms with E-state index in [0.717, 1.165) is 17.0 Å². The number of anilines is 1. The van der Waals surface area contributed by atoms with E-state index in [1.807, 2.05) is 0 Å². The molecule has 1 aliphatic heterocycles. The first-order chi connectivity index (χ1) is 16.2. The van der Waals surface area contributed by atoms with Crippen molar-refractivity contribution in [1.82, 2.24) is 0 Å². The van der Waals surface area contributed by atoms with Crippen molar-refractivity contribution < 1.29 is 28.8 Å². The summed E-state index contributed by atoms with van der Waals surface area (Å²) in [6.07, 6.45) is 0. The standard InChI is InChI=1S/C23H12Cl2N2O7/c24-17-2-1-3-18(20(17)25)26-21(29)15-9-6-13(10-16(15)22(26)30)23(31)34-11-19(28)12-4-7-14(8-5-12)27(32)33/h1-10H,11H2. The van der Waals surface area contributed by atoms with Crippen molar-refractivity contribution in [1.29, 1.82) is 0 Å². The molecule has 0 fully saturated rings. The average Bonchev–Trinajstić information content (AvgIpc) is 3.08. The van der Waals surface area contributed by atoms with Crippen molar-refractivity contribution in [3.8, 4) is 0 Å². The van der Waals surface area contributed by atoms with Gasteiger partial charge in [-0.25, -0.2) is 9.69 Å². The Hall–Kier alpha value is -4.08. The quantitative estimate of drug-likeness (QED) is 0.158. The third-order valence-electron chi connectivity index (χ3n) is 5.03. The molecule has 0 saturated carbocycles. The second kappa shape index (κ2) is 9.05. The molecular formula is C23H12Cl2N2O7. The molecule has 0 N–H and O–H groups in total. The number of nitrogens with zero attached hydrogens (tertiary/aromatic N) is 2. The molecule has 0 aromatic heterocycles. The van der Waals surface area contributed by atoms with Gasteiger partial charge in [0.2, 0.25) is 0 Å². The lowest BCUT2D eigenvalue weighted by Crippen LogP contribution is -2.29. The summed E-state index contributed by atoms with van der Waals surface area (Å²) in [6.45, 7) is -0.620. The molecule has 1 aliphatic rings. The number of hydrogen-bond acceptors (Lipinski definition) is 7. The molecule has 170 valence electrons. The molecular weight excluding hydrogens is 487 g/mol. The zero-order valence-corrected chi connectivity index (χ0v) is 18.5. The van der Waals surface area contributed by atoms with Crippen molar-refractivity contribution in [2.45, 2.75) is 0 Å². The van der Waals surface area contributed by atoms with Gasteiger partial charge in [0.25, 0.3) is 17.5 Å². The number of halogens is 2. The molecule has 1 heterocycles. The molecule has 3 aromatic rings. The van der Waals surface area contributed by atoms with E-state index in [2.05, 4.69) is 0 Å². The summed E-state index contributed by atoms with van der Waals surface area (Å²) in [6, 6.07) is 13.2. The van der Waals surface area contributed by atoms with E-state index in [4.69, 9.17) is 27.9 Å². The highest BCUT2D eigenvalue weighted by Gasteiger charge is 2.38. The van der Waals surface area contributed by atoms with Crippen LogP contribution in [0.15, 0.2) is 60.7 Å². The normalized spacial score (nSPS) is 12.5. The van der Waals surface area contributed by atoms with Crippen LogP contribution in [0.2, 0.25) is 10.0 Å². The summed E-state index contributed by atoms with van der Waals surface area (Å²) in [7, 11) is 0. The maximum Gasteiger partial charge on any atom is 0.338 e. The Balaban J connectivity index is 1.50. The van der Waals surface area contributed by atoms with Crippen LogP contribution in [0.4, 0.5) is 11.4 Å². The van der Waals surface area contributed by atoms with Gasteiger partial charge in [0.15, 0.2) is 12.4 Å². The fourth-order valence-electron chi connectivity index (χ4n) is 3.32. The first kappa shape index (κ1) is 23.1. The molecule has 3 aromatic carbocycles. The lowest BCUT2D eigenvalue weighted by atomic mass is 10.1. The number of hydrogen-bond donors (Lipinski definition) is 0. The Labute approximate surface area is 201 Å². The molecule has 2 amide bonds. The lowest BCUT2D eigenvalue weighted by Gasteiger charge is -2.15. The van der Waals surface area contributed by atoms with Crippen LogP contribution >= 0.6 is 23.2 Å². The van der Waals surface area contributed by atoms with Crippen molar-refractivity contribution in [3.63, 3.8) is 0 Å². The van der Waals surface area contributed by atoms with E-state index in [9.17, 15) is 29.3 Å². The zero-order chi connectivity index (χ0) is 24.6. The van der Waals surface area contributed by atoms with Crippen LogP contribution in [0.25, 0.3) is 0 Å². The monoisotopic (exact) mass is 498 g/mol. The first-order valence-electron chi connectivity index (χ1n) is 9.60. The summed E-state index contributed by atoms with van der Waals surface area (Å²) in [5.74, 6) is -2.78. The Bertz CT molecular complexity index is 1390. The van der Waals surface area contributed by atoms with Gasteiger partial charge >= 0.3 is 5.97 Å². The lowest BCUT2D eigenvalue weighted by molar-refractivity contribution is -0.384. The van der Waals surface area contributed by atoms with Gasteiger partial charge < -0.3 is 4.74 Å². The summed E-state index contributed by atoms with van der Waals surface area (Å²) in [4.78, 5) is 61.4. The van der Waals surface area contributed by atoms with Gasteiger partial charge in [-0.3, -0.25) is 24.5 Å². The van der Waals surface area contributed by atoms with E-state index in [1.54, 1.807) is 0 Å². The van der Waals surface area contributed by atoms with Crippen LogP contribution in [0.3, 0.4) is 0 Å². The van der Waals surface area contributed by atoms with Crippen molar-refractivity contribution >= 4 is 58.1 Å². The van der Waals surface area contributed by atoms with Gasteiger partial charge in [-0.2, -0.15) is 0 Å². The van der Waals surface area contributed by atoms with Crippen LogP contribution < -0.4 is 4.90 Å². The molecule has 0 unspecified atom stereocenters. The number of carbonyl (C=O) groups is 4. The number of carbonyl (C=O) groups excluding carboxylic acids is 4. The second-order valence-corrected chi connectivity index (χ2v) is 7.87. The molecule has 34 heavy (non-hydrogen) atoms. The summed E-state index contributed by atoms with van der Waals surface area (Å²) in [5.41, 5.74) is 0.0477. The van der Waals surface area contributed by atoms with Gasteiger partial charge in [0.1, 0.15) is 0 Å². The number of imide groups is 1. The minimum atomic E-state index is -0.891. The minimum absolute atomic E-state index is 0.0304. The number of Topliss-reactive ketones (excluding diaryl/α,β-unsaturated/α-hetero) is 1. The SMILES string of the molecule is O=C(COC(=O)c1ccc2c(c1)C(=O)N(c1cccc(Cl)c1Cl)C2=O)c1ccc([N+](=O)[O-])cc1. The molecule has 0 bridgehead atoms. The maximum absolute atomic E-state index is 12.9. The number of nitro benzene ring substituents is 1. The minimum Gasteiger partial charge on any atom is -0.454 e. The average molecular weight is 499 g/mol. The molecule has 0 spiro atoms. The summed E-state index contributed by atoms with van der Waals surface area (Å²) in [5, 5.41) is 10.9. The first-order valence-corrected chi connectivity index (χ1v) is 10.4. The van der Waals surface area contributed by atoms with E-state index in [0.29, 0.717) is 0 Å². The smallest absolute Gasteiger partial charge is 0.338 e. The fourth-order valence-corrected chi connectivity index (χ4v) is 3.70. The Kier molecular flexibility index (Phi) is 6.14. The number of amides is 2. The summed E-state index contributed by atoms with van der Waals surface area (Å²) >= 11 is 12.1. The number of esters is 1. The molecule has 0 aliphatic carbocycles. The number of nitro groups is 1. The van der Waals surface area contributed by atoms with Crippen LogP contribution in [0, 0.1) is 10.1 Å². The maximum atomic E-state index is 12.9. The van der Waals surface area contributed by atoms with Gasteiger partial charge in [-0.15, -0.1) is 0 Å². The summed E-state index contributed by atoms with van der Waals surface area (Å²) < 4.78 is 5.02. The molecule has 0 atom stereocenters. The Morgan fingerprint density at radius 2 is 1.56 bits per heavy atom. The zero-order valence-electron chi connectivity index (χ0n) is 17.0. The Morgan fingerprint density at radius 1 is 0.912 bits per heavy atom. The Morgan fingerprint density at radius 3 is 2.24 bits per heavy atom. The van der Waals surface area contributed by atoms with Crippen LogP contribution in [-0.2, 0) is 4.74 Å². The van der Waals surface area contributed by atoms with E-state index < -0.39 is 35.1 Å². The highest BCUT2D eigenvalue weighted by atomic mass is 35.5. The molecule has 4 rings (SSSR count). The van der Waals surface area contributed by atoms with E-state index in [1.165, 1.54) is 48.5 Å². The van der Waals surface area contributed by atoms with Crippen LogP contribution in [0.1, 0.15) is 41.4 Å². The van der Waals surface area contributed by atoms with Gasteiger partial charge in [-0.1, -0.05) is 29.3 Å². The molecule has 0 radical (unpaired) electrons. The van der Waals surface area contributed by atoms with E-state index >= 15 is 0 Å². The number of non-ortho nitro benzene ring substituents is 1. The number of ether oxygens (including phenoxy) is 1. The second-order valence-electron chi connectivity index (χ2n) is 7.08. The molecule has 11 heteroatoms. The van der Waals surface area contributed by atoms with Crippen molar-refractivity contribution in [3.05, 3.63) is 103 Å². The van der Waals surface area contributed by atoms with E-state index in [-0.39, 0.29) is 43.7 Å². The topological polar surface area (TPSA) is 124 Å². The molecule has 0 saturated heterocycles. The van der Waals surface area contributed by atoms with Crippen molar-refractivity contribution in [2.75, 3.05) is 11.5 Å². The highest BCUT2D eigenvalue weighted by molar-refractivity contribution is 6.46. The molecule has 9 nitrogen and oxygen atoms in total. The van der Waals surface area contributed by atoms with Crippen LogP contribution in [0.5, 0.6) is 0 Å².